The van der Waals surface area contributed by atoms with Crippen LogP contribution in [0, 0.1) is 5.82 Å². The van der Waals surface area contributed by atoms with Gasteiger partial charge in [0.2, 0.25) is 0 Å². The summed E-state index contributed by atoms with van der Waals surface area (Å²) in [5, 5.41) is 11.2. The Bertz CT molecular complexity index is 1470. The van der Waals surface area contributed by atoms with Crippen LogP contribution in [0.25, 0.3) is 22.2 Å². The Balaban J connectivity index is 1.85. The molecule has 1 atom stereocenters. The standard InChI is InChI=1S/C24H23FN2O7/c1-4-24(31)15-8-17-20-18(9-27(17)22(29)14(15)11-34-23(24)30)26(10-19(32-2)33-3)16-6-5-12(25)7-13(16)21(20)28/h5-8,19,31H,4,9-11H2,1-3H3/t24-/m0/s1. The lowest BCUT2D eigenvalue weighted by Crippen LogP contribution is -2.44. The monoisotopic (exact) mass is 470 g/mol. The van der Waals surface area contributed by atoms with Gasteiger partial charge in [0, 0.05) is 25.2 Å². The first kappa shape index (κ1) is 22.5. The summed E-state index contributed by atoms with van der Waals surface area (Å²) in [7, 11) is 2.96. The molecule has 10 heteroatoms. The minimum absolute atomic E-state index is 0.00882. The Morgan fingerprint density at radius 2 is 1.94 bits per heavy atom. The van der Waals surface area contributed by atoms with Crippen LogP contribution in [-0.2, 0) is 44.3 Å². The van der Waals surface area contributed by atoms with Gasteiger partial charge in [-0.15, -0.1) is 0 Å². The summed E-state index contributed by atoms with van der Waals surface area (Å²) >= 11 is 0. The zero-order valence-electron chi connectivity index (χ0n) is 18.9. The number of esters is 1. The molecule has 3 aromatic rings. The van der Waals surface area contributed by atoms with Gasteiger partial charge in [0.1, 0.15) is 12.4 Å². The third-order valence-corrected chi connectivity index (χ3v) is 6.80. The molecule has 0 saturated heterocycles. The Morgan fingerprint density at radius 1 is 1.21 bits per heavy atom. The zero-order chi connectivity index (χ0) is 24.4. The van der Waals surface area contributed by atoms with Crippen molar-refractivity contribution in [2.24, 2.45) is 0 Å². The molecule has 9 nitrogen and oxygen atoms in total. The number of pyridine rings is 2. The van der Waals surface area contributed by atoms with Crippen LogP contribution in [0.3, 0.4) is 0 Å². The molecular formula is C24H23FN2O7. The Hall–Kier alpha value is -3.34. The number of nitrogens with zero attached hydrogens (tertiary/aromatic N) is 2. The van der Waals surface area contributed by atoms with Crippen LogP contribution in [0.2, 0.25) is 0 Å². The topological polar surface area (TPSA) is 109 Å². The number of carbonyl (C=O) groups excluding carboxylic acids is 1. The molecule has 4 heterocycles. The van der Waals surface area contributed by atoms with Gasteiger partial charge in [0.15, 0.2) is 17.3 Å². The van der Waals surface area contributed by atoms with Crippen molar-refractivity contribution >= 4 is 16.9 Å². The molecule has 0 radical (unpaired) electrons. The summed E-state index contributed by atoms with van der Waals surface area (Å²) in [6.07, 6.45) is -0.671. The number of aromatic nitrogens is 2. The van der Waals surface area contributed by atoms with E-state index in [0.717, 1.165) is 6.07 Å². The average molecular weight is 470 g/mol. The molecule has 0 amide bonds. The highest BCUT2D eigenvalue weighted by Gasteiger charge is 2.45. The van der Waals surface area contributed by atoms with Gasteiger partial charge < -0.3 is 28.5 Å². The fourth-order valence-electron chi connectivity index (χ4n) is 4.92. The second kappa shape index (κ2) is 7.86. The van der Waals surface area contributed by atoms with Crippen molar-refractivity contribution in [1.29, 1.82) is 0 Å². The van der Waals surface area contributed by atoms with E-state index in [9.17, 15) is 23.9 Å². The smallest absolute Gasteiger partial charge is 0.343 e. The predicted molar refractivity (Wildman–Crippen MR) is 119 cm³/mol. The number of cyclic esters (lactones) is 1. The van der Waals surface area contributed by atoms with E-state index < -0.39 is 34.7 Å². The van der Waals surface area contributed by atoms with Gasteiger partial charge in [-0.25, -0.2) is 9.18 Å². The van der Waals surface area contributed by atoms with Crippen LogP contribution in [-0.4, -0.2) is 40.7 Å². The van der Waals surface area contributed by atoms with E-state index in [1.54, 1.807) is 11.5 Å². The second-order valence-corrected chi connectivity index (χ2v) is 8.43. The number of hydrogen-bond donors (Lipinski definition) is 1. The Kier molecular flexibility index (Phi) is 5.19. The summed E-state index contributed by atoms with van der Waals surface area (Å²) < 4.78 is 33.1. The molecule has 1 N–H and O–H groups in total. The van der Waals surface area contributed by atoms with E-state index in [0.29, 0.717) is 11.2 Å². The molecule has 178 valence electrons. The molecular weight excluding hydrogens is 447 g/mol. The molecule has 2 aliphatic heterocycles. The second-order valence-electron chi connectivity index (χ2n) is 8.43. The minimum Gasteiger partial charge on any atom is -0.458 e. The maximum absolute atomic E-state index is 14.1. The van der Waals surface area contributed by atoms with E-state index in [4.69, 9.17) is 14.2 Å². The highest BCUT2D eigenvalue weighted by Crippen LogP contribution is 2.38. The first-order chi connectivity index (χ1) is 16.2. The van der Waals surface area contributed by atoms with Gasteiger partial charge in [0.05, 0.1) is 41.1 Å². The van der Waals surface area contributed by atoms with Crippen LogP contribution in [0.5, 0.6) is 0 Å². The van der Waals surface area contributed by atoms with Crippen LogP contribution in [0.4, 0.5) is 4.39 Å². The Labute approximate surface area is 192 Å². The molecule has 5 rings (SSSR count). The zero-order valence-corrected chi connectivity index (χ0v) is 18.9. The number of fused-ring (bicyclic) bond motifs is 5. The van der Waals surface area contributed by atoms with Gasteiger partial charge in [-0.1, -0.05) is 6.92 Å². The normalized spacial score (nSPS) is 18.7. The number of carbonyl (C=O) groups is 1. The largest absolute Gasteiger partial charge is 0.458 e. The molecule has 0 unspecified atom stereocenters. The molecule has 0 aliphatic carbocycles. The lowest BCUT2D eigenvalue weighted by Gasteiger charge is -2.31. The molecule has 34 heavy (non-hydrogen) atoms. The summed E-state index contributed by atoms with van der Waals surface area (Å²) in [5.74, 6) is -1.42. The van der Waals surface area contributed by atoms with Gasteiger partial charge in [-0.3, -0.25) is 9.59 Å². The summed E-state index contributed by atoms with van der Waals surface area (Å²) in [6, 6.07) is 5.43. The number of aliphatic hydroxyl groups is 1. The molecule has 0 fully saturated rings. The third kappa shape index (κ3) is 2.99. The van der Waals surface area contributed by atoms with Crippen LogP contribution < -0.4 is 11.0 Å². The van der Waals surface area contributed by atoms with Crippen LogP contribution in [0.15, 0.2) is 33.9 Å². The van der Waals surface area contributed by atoms with Crippen molar-refractivity contribution in [1.82, 2.24) is 9.13 Å². The van der Waals surface area contributed by atoms with Crippen molar-refractivity contribution in [3.63, 3.8) is 0 Å². The fourth-order valence-corrected chi connectivity index (χ4v) is 4.92. The van der Waals surface area contributed by atoms with E-state index in [1.165, 1.54) is 37.0 Å². The molecule has 1 aromatic carbocycles. The van der Waals surface area contributed by atoms with Crippen LogP contribution >= 0.6 is 0 Å². The maximum Gasteiger partial charge on any atom is 0.343 e. The minimum atomic E-state index is -2.00. The predicted octanol–water partition coefficient (Wildman–Crippen LogP) is 1.60. The molecule has 0 spiro atoms. The number of hydrogen-bond acceptors (Lipinski definition) is 7. The lowest BCUT2D eigenvalue weighted by molar-refractivity contribution is -0.172. The molecule has 0 bridgehead atoms. The van der Waals surface area contributed by atoms with E-state index >= 15 is 0 Å². The SMILES string of the molecule is CC[C@@]1(O)C(=O)OCc2c1cc1n(c2=O)Cc2c-1c(=O)c1cc(F)ccc1n2CC(OC)OC. The molecule has 2 aliphatic rings. The van der Waals surface area contributed by atoms with Crippen molar-refractivity contribution in [2.75, 3.05) is 14.2 Å². The first-order valence-electron chi connectivity index (χ1n) is 10.8. The highest BCUT2D eigenvalue weighted by atomic mass is 19.1. The number of ether oxygens (including phenoxy) is 3. The number of rotatable bonds is 5. The van der Waals surface area contributed by atoms with Crippen LogP contribution in [0.1, 0.15) is 30.2 Å². The fraction of sp³-hybridized carbons (Fsp3) is 0.375. The first-order valence-corrected chi connectivity index (χ1v) is 10.8. The molecule has 2 aromatic heterocycles. The van der Waals surface area contributed by atoms with E-state index in [1.807, 2.05) is 0 Å². The van der Waals surface area contributed by atoms with Crippen molar-refractivity contribution < 1.29 is 28.5 Å². The summed E-state index contributed by atoms with van der Waals surface area (Å²) in [5.41, 5.74) is -1.14. The summed E-state index contributed by atoms with van der Waals surface area (Å²) in [4.78, 5) is 39.4. The van der Waals surface area contributed by atoms with E-state index in [2.05, 4.69) is 0 Å². The summed E-state index contributed by atoms with van der Waals surface area (Å²) in [6.45, 7) is 1.59. The van der Waals surface area contributed by atoms with Crippen molar-refractivity contribution in [3.8, 4) is 11.3 Å². The number of benzene rings is 1. The lowest BCUT2D eigenvalue weighted by atomic mass is 9.86. The quantitative estimate of drug-likeness (QED) is 0.349. The highest BCUT2D eigenvalue weighted by molar-refractivity contribution is 5.88. The maximum atomic E-state index is 14.1. The third-order valence-electron chi connectivity index (χ3n) is 6.80. The average Bonchev–Trinajstić information content (AvgIpc) is 3.22. The Morgan fingerprint density at radius 3 is 2.62 bits per heavy atom. The van der Waals surface area contributed by atoms with Gasteiger partial charge >= 0.3 is 5.97 Å². The van der Waals surface area contributed by atoms with Crippen molar-refractivity contribution in [2.45, 2.75) is 44.9 Å². The van der Waals surface area contributed by atoms with Gasteiger partial charge in [-0.2, -0.15) is 0 Å². The van der Waals surface area contributed by atoms with E-state index in [-0.39, 0.29) is 53.9 Å². The number of methoxy groups -OCH3 is 2. The van der Waals surface area contributed by atoms with Gasteiger partial charge in [0.25, 0.3) is 5.56 Å². The van der Waals surface area contributed by atoms with Gasteiger partial charge in [-0.05, 0) is 30.7 Å². The molecule has 0 saturated carbocycles. The number of halogens is 1. The van der Waals surface area contributed by atoms with Crippen molar-refractivity contribution in [3.05, 3.63) is 67.5 Å².